The zero-order valence-corrected chi connectivity index (χ0v) is 14.2. The van der Waals surface area contributed by atoms with Crippen LogP contribution in [0.4, 0.5) is 0 Å². The van der Waals surface area contributed by atoms with Gasteiger partial charge in [0, 0.05) is 0 Å². The predicted octanol–water partition coefficient (Wildman–Crippen LogP) is 5.65. The molecule has 0 saturated heterocycles. The molecule has 0 aromatic heterocycles. The first kappa shape index (κ1) is 17.3. The molecule has 0 atom stereocenters. The monoisotopic (exact) mass is 310 g/mol. The molecule has 2 nitrogen and oxygen atoms in total. The number of carbonyl (C=O) groups is 1. The number of esters is 1. The van der Waals surface area contributed by atoms with Gasteiger partial charge in [-0.25, -0.2) is 4.79 Å². The highest BCUT2D eigenvalue weighted by Gasteiger charge is 2.06. The van der Waals surface area contributed by atoms with E-state index >= 15 is 0 Å². The lowest BCUT2D eigenvalue weighted by atomic mass is 10.0. The molecular weight excluding hydrogens is 284 g/mol. The number of hydrogen-bond acceptors (Lipinski definition) is 2. The Morgan fingerprint density at radius 3 is 2.00 bits per heavy atom. The molecule has 2 heteroatoms. The second kappa shape index (κ2) is 9.14. The highest BCUT2D eigenvalue weighted by molar-refractivity contribution is 5.90. The van der Waals surface area contributed by atoms with Crippen molar-refractivity contribution in [3.8, 4) is 11.1 Å². The average molecular weight is 310 g/mol. The SMILES string of the molecule is CCCCCc1ccc(-c2ccc(C(=O)OCCC)cc2)cc1. The van der Waals surface area contributed by atoms with Crippen molar-refractivity contribution in [3.63, 3.8) is 0 Å². The number of rotatable bonds is 8. The summed E-state index contributed by atoms with van der Waals surface area (Å²) in [4.78, 5) is 11.8. The van der Waals surface area contributed by atoms with Gasteiger partial charge in [-0.15, -0.1) is 0 Å². The molecule has 0 amide bonds. The lowest BCUT2D eigenvalue weighted by Gasteiger charge is -2.06. The second-order valence-electron chi connectivity index (χ2n) is 5.87. The number of benzene rings is 2. The van der Waals surface area contributed by atoms with Gasteiger partial charge in [0.25, 0.3) is 0 Å². The Kier molecular flexibility index (Phi) is 6.86. The molecule has 2 aromatic carbocycles. The molecule has 0 saturated carbocycles. The van der Waals surface area contributed by atoms with E-state index in [1.54, 1.807) is 0 Å². The molecule has 0 heterocycles. The molecule has 0 spiro atoms. The maximum atomic E-state index is 11.8. The Hall–Kier alpha value is -2.09. The molecule has 0 aliphatic carbocycles. The molecule has 0 bridgehead atoms. The van der Waals surface area contributed by atoms with E-state index in [1.165, 1.54) is 30.4 Å². The van der Waals surface area contributed by atoms with Gasteiger partial charge in [0.15, 0.2) is 0 Å². The second-order valence-corrected chi connectivity index (χ2v) is 5.87. The fraction of sp³-hybridized carbons (Fsp3) is 0.381. The fourth-order valence-corrected chi connectivity index (χ4v) is 2.52. The van der Waals surface area contributed by atoms with Crippen LogP contribution in [0, 0.1) is 0 Å². The fourth-order valence-electron chi connectivity index (χ4n) is 2.52. The van der Waals surface area contributed by atoms with E-state index in [0.717, 1.165) is 18.4 Å². The van der Waals surface area contributed by atoms with Crippen LogP contribution in [0.3, 0.4) is 0 Å². The van der Waals surface area contributed by atoms with Gasteiger partial charge in [-0.1, -0.05) is 63.1 Å². The van der Waals surface area contributed by atoms with Crippen LogP contribution in [0.1, 0.15) is 55.5 Å². The summed E-state index contributed by atoms with van der Waals surface area (Å²) in [5, 5.41) is 0. The molecule has 2 rings (SSSR count). The van der Waals surface area contributed by atoms with Crippen LogP contribution in [0.5, 0.6) is 0 Å². The van der Waals surface area contributed by atoms with Crippen molar-refractivity contribution in [1.29, 1.82) is 0 Å². The van der Waals surface area contributed by atoms with Crippen LogP contribution in [-0.4, -0.2) is 12.6 Å². The molecule has 0 fully saturated rings. The van der Waals surface area contributed by atoms with Crippen LogP contribution in [-0.2, 0) is 11.2 Å². The van der Waals surface area contributed by atoms with Gasteiger partial charge in [0.2, 0.25) is 0 Å². The van der Waals surface area contributed by atoms with E-state index in [1.807, 2.05) is 31.2 Å². The summed E-state index contributed by atoms with van der Waals surface area (Å²) in [5.41, 5.74) is 4.30. The summed E-state index contributed by atoms with van der Waals surface area (Å²) in [6.45, 7) is 4.69. The molecule has 122 valence electrons. The molecular formula is C21H26O2. The molecule has 0 aliphatic rings. The third kappa shape index (κ3) is 5.24. The van der Waals surface area contributed by atoms with E-state index < -0.39 is 0 Å². The quantitative estimate of drug-likeness (QED) is 0.465. The van der Waals surface area contributed by atoms with Crippen molar-refractivity contribution in [3.05, 3.63) is 59.7 Å². The minimum absolute atomic E-state index is 0.246. The normalized spacial score (nSPS) is 10.5. The van der Waals surface area contributed by atoms with Gasteiger partial charge in [0.05, 0.1) is 12.2 Å². The third-order valence-electron chi connectivity index (χ3n) is 3.91. The zero-order chi connectivity index (χ0) is 16.5. The van der Waals surface area contributed by atoms with Gasteiger partial charge in [-0.05, 0) is 48.1 Å². The molecule has 0 radical (unpaired) electrons. The van der Waals surface area contributed by atoms with E-state index in [2.05, 4.69) is 31.2 Å². The molecule has 0 N–H and O–H groups in total. The van der Waals surface area contributed by atoms with Gasteiger partial charge in [0.1, 0.15) is 0 Å². The van der Waals surface area contributed by atoms with Gasteiger partial charge in [-0.2, -0.15) is 0 Å². The summed E-state index contributed by atoms with van der Waals surface area (Å²) in [5.74, 6) is -0.246. The Bertz CT molecular complexity index is 597. The summed E-state index contributed by atoms with van der Waals surface area (Å²) in [6.07, 6.45) is 5.79. The van der Waals surface area contributed by atoms with E-state index in [4.69, 9.17) is 4.74 Å². The third-order valence-corrected chi connectivity index (χ3v) is 3.91. The van der Waals surface area contributed by atoms with E-state index in [-0.39, 0.29) is 5.97 Å². The van der Waals surface area contributed by atoms with E-state index in [9.17, 15) is 4.79 Å². The zero-order valence-electron chi connectivity index (χ0n) is 14.2. The Balaban J connectivity index is 2.00. The number of aryl methyl sites for hydroxylation is 1. The summed E-state index contributed by atoms with van der Waals surface area (Å²) in [6, 6.07) is 16.4. The number of carbonyl (C=O) groups excluding carboxylic acids is 1. The Labute approximate surface area is 139 Å². The highest BCUT2D eigenvalue weighted by atomic mass is 16.5. The largest absolute Gasteiger partial charge is 0.462 e. The molecule has 0 unspecified atom stereocenters. The standard InChI is InChI=1S/C21H26O2/c1-3-5-6-7-17-8-10-18(11-9-17)19-12-14-20(15-13-19)21(22)23-16-4-2/h8-15H,3-7,16H2,1-2H3. The topological polar surface area (TPSA) is 26.3 Å². The summed E-state index contributed by atoms with van der Waals surface area (Å²) >= 11 is 0. The first-order valence-corrected chi connectivity index (χ1v) is 8.61. The maximum Gasteiger partial charge on any atom is 0.338 e. The minimum Gasteiger partial charge on any atom is -0.462 e. The van der Waals surface area contributed by atoms with Gasteiger partial charge < -0.3 is 4.74 Å². The molecule has 0 aliphatic heterocycles. The first-order valence-electron chi connectivity index (χ1n) is 8.61. The van der Waals surface area contributed by atoms with Crippen LogP contribution >= 0.6 is 0 Å². The number of hydrogen-bond donors (Lipinski definition) is 0. The lowest BCUT2D eigenvalue weighted by molar-refractivity contribution is 0.0505. The number of unbranched alkanes of at least 4 members (excludes halogenated alkanes) is 2. The Morgan fingerprint density at radius 2 is 1.43 bits per heavy atom. The van der Waals surface area contributed by atoms with Crippen molar-refractivity contribution < 1.29 is 9.53 Å². The number of ether oxygens (including phenoxy) is 1. The summed E-state index contributed by atoms with van der Waals surface area (Å²) in [7, 11) is 0. The van der Waals surface area contributed by atoms with Gasteiger partial charge >= 0.3 is 5.97 Å². The minimum atomic E-state index is -0.246. The van der Waals surface area contributed by atoms with Crippen LogP contribution in [0.25, 0.3) is 11.1 Å². The van der Waals surface area contributed by atoms with Crippen LogP contribution in [0.2, 0.25) is 0 Å². The lowest BCUT2D eigenvalue weighted by Crippen LogP contribution is -2.05. The predicted molar refractivity (Wildman–Crippen MR) is 95.7 cm³/mol. The van der Waals surface area contributed by atoms with Crippen molar-refractivity contribution >= 4 is 5.97 Å². The van der Waals surface area contributed by atoms with Crippen molar-refractivity contribution in [2.75, 3.05) is 6.61 Å². The van der Waals surface area contributed by atoms with Crippen LogP contribution < -0.4 is 0 Å². The maximum absolute atomic E-state index is 11.8. The van der Waals surface area contributed by atoms with Crippen molar-refractivity contribution in [2.45, 2.75) is 46.0 Å². The molecule has 2 aromatic rings. The smallest absolute Gasteiger partial charge is 0.338 e. The van der Waals surface area contributed by atoms with E-state index in [0.29, 0.717) is 12.2 Å². The molecule has 23 heavy (non-hydrogen) atoms. The van der Waals surface area contributed by atoms with Gasteiger partial charge in [-0.3, -0.25) is 0 Å². The average Bonchev–Trinajstić information content (AvgIpc) is 2.61. The van der Waals surface area contributed by atoms with Crippen LogP contribution in [0.15, 0.2) is 48.5 Å². The first-order chi connectivity index (χ1) is 11.2. The van der Waals surface area contributed by atoms with Crippen molar-refractivity contribution in [2.24, 2.45) is 0 Å². The van der Waals surface area contributed by atoms with Crippen molar-refractivity contribution in [1.82, 2.24) is 0 Å². The highest BCUT2D eigenvalue weighted by Crippen LogP contribution is 2.21. The summed E-state index contributed by atoms with van der Waals surface area (Å²) < 4.78 is 5.15. The Morgan fingerprint density at radius 1 is 0.826 bits per heavy atom.